The van der Waals surface area contributed by atoms with Crippen molar-refractivity contribution in [2.45, 2.75) is 66.8 Å². The summed E-state index contributed by atoms with van der Waals surface area (Å²) < 4.78 is 1.23. The number of anilines is 1. The second kappa shape index (κ2) is 5.36. The molecule has 2 rings (SSSR count). The van der Waals surface area contributed by atoms with Gasteiger partial charge in [0.15, 0.2) is 0 Å². The SMILES string of the molecule is Cc1cc(NC2CC(C)(C)CC(C)(C)C2)cc(C)c1Br. The molecule has 0 atom stereocenters. The van der Waals surface area contributed by atoms with Crippen molar-refractivity contribution in [3.63, 3.8) is 0 Å². The Morgan fingerprint density at radius 1 is 1.00 bits per heavy atom. The van der Waals surface area contributed by atoms with Crippen LogP contribution in [0.25, 0.3) is 0 Å². The molecule has 1 aliphatic rings. The first-order valence-electron chi connectivity index (χ1n) is 7.61. The minimum atomic E-state index is 0.429. The lowest BCUT2D eigenvalue weighted by Crippen LogP contribution is -2.40. The van der Waals surface area contributed by atoms with Crippen molar-refractivity contribution < 1.29 is 0 Å². The largest absolute Gasteiger partial charge is 0.382 e. The van der Waals surface area contributed by atoms with E-state index in [9.17, 15) is 0 Å². The highest BCUT2D eigenvalue weighted by Gasteiger charge is 2.38. The zero-order valence-corrected chi connectivity index (χ0v) is 15.3. The molecule has 112 valence electrons. The van der Waals surface area contributed by atoms with E-state index in [1.807, 2.05) is 0 Å². The van der Waals surface area contributed by atoms with Gasteiger partial charge in [0.2, 0.25) is 0 Å². The van der Waals surface area contributed by atoms with Crippen LogP contribution in [0.3, 0.4) is 0 Å². The molecule has 1 aliphatic carbocycles. The molecule has 0 unspecified atom stereocenters. The van der Waals surface area contributed by atoms with Crippen LogP contribution in [0.4, 0.5) is 5.69 Å². The molecule has 20 heavy (non-hydrogen) atoms. The molecule has 0 spiro atoms. The van der Waals surface area contributed by atoms with Crippen LogP contribution in [0.1, 0.15) is 58.1 Å². The highest BCUT2D eigenvalue weighted by atomic mass is 79.9. The Bertz CT molecular complexity index is 463. The van der Waals surface area contributed by atoms with Gasteiger partial charge in [0.25, 0.3) is 0 Å². The molecule has 0 aliphatic heterocycles. The average molecular weight is 338 g/mol. The van der Waals surface area contributed by atoms with Gasteiger partial charge in [-0.25, -0.2) is 0 Å². The van der Waals surface area contributed by atoms with Gasteiger partial charge in [-0.05, 0) is 67.2 Å². The molecule has 2 heteroatoms. The first kappa shape index (κ1) is 15.9. The summed E-state index contributed by atoms with van der Waals surface area (Å²) >= 11 is 3.65. The molecule has 0 aromatic heterocycles. The van der Waals surface area contributed by atoms with Gasteiger partial charge in [0, 0.05) is 16.2 Å². The van der Waals surface area contributed by atoms with Crippen molar-refractivity contribution in [2.24, 2.45) is 10.8 Å². The van der Waals surface area contributed by atoms with Crippen LogP contribution >= 0.6 is 15.9 Å². The molecule has 1 aromatic rings. The number of rotatable bonds is 2. The summed E-state index contributed by atoms with van der Waals surface area (Å²) in [5, 5.41) is 3.78. The van der Waals surface area contributed by atoms with Gasteiger partial charge in [-0.2, -0.15) is 0 Å². The highest BCUT2D eigenvalue weighted by Crippen LogP contribution is 2.46. The topological polar surface area (TPSA) is 12.0 Å². The molecule has 1 aromatic carbocycles. The maximum absolute atomic E-state index is 3.78. The van der Waals surface area contributed by atoms with Crippen molar-refractivity contribution in [2.75, 3.05) is 5.32 Å². The third-order valence-corrected chi connectivity index (χ3v) is 5.61. The third-order valence-electron chi connectivity index (χ3n) is 4.36. The molecular weight excluding hydrogens is 310 g/mol. The molecule has 0 heterocycles. The Balaban J connectivity index is 2.17. The number of hydrogen-bond acceptors (Lipinski definition) is 1. The maximum atomic E-state index is 3.78. The van der Waals surface area contributed by atoms with E-state index in [0.29, 0.717) is 16.9 Å². The molecule has 1 fully saturated rings. The molecule has 0 radical (unpaired) electrons. The Morgan fingerprint density at radius 3 is 1.90 bits per heavy atom. The Labute approximate surface area is 132 Å². The maximum Gasteiger partial charge on any atom is 0.0348 e. The minimum Gasteiger partial charge on any atom is -0.382 e. The summed E-state index contributed by atoms with van der Waals surface area (Å²) in [7, 11) is 0. The van der Waals surface area contributed by atoms with Crippen molar-refractivity contribution in [1.82, 2.24) is 0 Å². The second-order valence-electron chi connectivity index (χ2n) is 8.18. The zero-order chi connectivity index (χ0) is 15.1. The van der Waals surface area contributed by atoms with E-state index in [0.717, 1.165) is 0 Å². The lowest BCUT2D eigenvalue weighted by Gasteiger charge is -2.45. The molecule has 1 saturated carbocycles. The monoisotopic (exact) mass is 337 g/mol. The van der Waals surface area contributed by atoms with Gasteiger partial charge in [-0.15, -0.1) is 0 Å². The van der Waals surface area contributed by atoms with Crippen molar-refractivity contribution in [1.29, 1.82) is 0 Å². The summed E-state index contributed by atoms with van der Waals surface area (Å²) in [6.07, 6.45) is 3.83. The van der Waals surface area contributed by atoms with Crippen LogP contribution in [0.2, 0.25) is 0 Å². The summed E-state index contributed by atoms with van der Waals surface area (Å²) in [6.45, 7) is 13.9. The standard InChI is InChI=1S/C18H28BrN/c1-12-7-14(8-13(2)16(12)19)20-15-9-17(3,4)11-18(5,6)10-15/h7-8,15,20H,9-11H2,1-6H3. The van der Waals surface area contributed by atoms with E-state index in [2.05, 4.69) is 74.9 Å². The minimum absolute atomic E-state index is 0.429. The van der Waals surface area contributed by atoms with Crippen LogP contribution in [0.15, 0.2) is 16.6 Å². The molecule has 1 N–H and O–H groups in total. The summed E-state index contributed by atoms with van der Waals surface area (Å²) in [6, 6.07) is 5.09. The van der Waals surface area contributed by atoms with Crippen molar-refractivity contribution >= 4 is 21.6 Å². The predicted octanol–water partition coefficient (Wildman–Crippen LogP) is 6.08. The van der Waals surface area contributed by atoms with E-state index >= 15 is 0 Å². The average Bonchev–Trinajstić information content (AvgIpc) is 2.21. The van der Waals surface area contributed by atoms with Gasteiger partial charge in [-0.1, -0.05) is 43.6 Å². The summed E-state index contributed by atoms with van der Waals surface area (Å²) in [5.41, 5.74) is 4.74. The van der Waals surface area contributed by atoms with E-state index in [-0.39, 0.29) is 0 Å². The van der Waals surface area contributed by atoms with E-state index < -0.39 is 0 Å². The van der Waals surface area contributed by atoms with Crippen LogP contribution in [-0.4, -0.2) is 6.04 Å². The first-order valence-corrected chi connectivity index (χ1v) is 8.41. The highest BCUT2D eigenvalue weighted by molar-refractivity contribution is 9.10. The summed E-state index contributed by atoms with van der Waals surface area (Å²) in [4.78, 5) is 0. The molecule has 1 nitrogen and oxygen atoms in total. The fourth-order valence-corrected chi connectivity index (χ4v) is 4.44. The lowest BCUT2D eigenvalue weighted by molar-refractivity contribution is 0.105. The lowest BCUT2D eigenvalue weighted by atomic mass is 9.63. The number of nitrogens with one attached hydrogen (secondary N) is 1. The van der Waals surface area contributed by atoms with Crippen LogP contribution in [0.5, 0.6) is 0 Å². The number of aryl methyl sites for hydroxylation is 2. The molecular formula is C18H28BrN. The molecule has 0 bridgehead atoms. The van der Waals surface area contributed by atoms with Crippen molar-refractivity contribution in [3.8, 4) is 0 Å². The Morgan fingerprint density at radius 2 is 1.45 bits per heavy atom. The van der Waals surface area contributed by atoms with Gasteiger partial charge in [0.1, 0.15) is 0 Å². The van der Waals surface area contributed by atoms with Crippen molar-refractivity contribution in [3.05, 3.63) is 27.7 Å². The van der Waals surface area contributed by atoms with E-state index in [4.69, 9.17) is 0 Å². The zero-order valence-electron chi connectivity index (χ0n) is 13.7. The van der Waals surface area contributed by atoms with Gasteiger partial charge < -0.3 is 5.32 Å². The number of hydrogen-bond donors (Lipinski definition) is 1. The quantitative estimate of drug-likeness (QED) is 0.689. The first-order chi connectivity index (χ1) is 9.08. The fourth-order valence-electron chi connectivity index (χ4n) is 4.21. The predicted molar refractivity (Wildman–Crippen MR) is 92.4 cm³/mol. The molecule has 0 amide bonds. The number of benzene rings is 1. The van der Waals surface area contributed by atoms with Gasteiger partial charge >= 0.3 is 0 Å². The Hall–Kier alpha value is -0.500. The van der Waals surface area contributed by atoms with Crippen LogP contribution < -0.4 is 5.32 Å². The fraction of sp³-hybridized carbons (Fsp3) is 0.667. The smallest absolute Gasteiger partial charge is 0.0348 e. The van der Waals surface area contributed by atoms with E-state index in [1.165, 1.54) is 40.5 Å². The second-order valence-corrected chi connectivity index (χ2v) is 8.97. The van der Waals surface area contributed by atoms with Crippen LogP contribution in [-0.2, 0) is 0 Å². The van der Waals surface area contributed by atoms with Crippen LogP contribution in [0, 0.1) is 24.7 Å². The number of halogens is 1. The van der Waals surface area contributed by atoms with E-state index in [1.54, 1.807) is 0 Å². The Kier molecular flexibility index (Phi) is 4.26. The summed E-state index contributed by atoms with van der Waals surface area (Å²) in [5.74, 6) is 0. The third kappa shape index (κ3) is 3.78. The molecule has 0 saturated heterocycles. The van der Waals surface area contributed by atoms with Gasteiger partial charge in [-0.3, -0.25) is 0 Å². The normalized spacial score (nSPS) is 21.8. The van der Waals surface area contributed by atoms with Gasteiger partial charge in [0.05, 0.1) is 0 Å².